The lowest BCUT2D eigenvalue weighted by Gasteiger charge is -2.17. The van der Waals surface area contributed by atoms with E-state index >= 15 is 0 Å². The number of hydrogen-bond donors (Lipinski definition) is 2. The number of benzene rings is 1. The summed E-state index contributed by atoms with van der Waals surface area (Å²) in [6, 6.07) is 4.29. The smallest absolute Gasteiger partial charge is 0.342 e. The fraction of sp³-hybridized carbons (Fsp3) is 0.333. The van der Waals surface area contributed by atoms with Crippen LogP contribution < -0.4 is 5.73 Å². The van der Waals surface area contributed by atoms with E-state index in [1.165, 1.54) is 18.2 Å². The van der Waals surface area contributed by atoms with Gasteiger partial charge >= 0.3 is 5.97 Å². The van der Waals surface area contributed by atoms with E-state index in [9.17, 15) is 14.3 Å². The van der Waals surface area contributed by atoms with Gasteiger partial charge in [0.15, 0.2) is 0 Å². The van der Waals surface area contributed by atoms with E-state index in [2.05, 4.69) is 4.74 Å². The number of carbonyl (C=O) groups excluding carboxylic acids is 1. The average molecular weight is 252 g/mol. The van der Waals surface area contributed by atoms with Gasteiger partial charge in [-0.3, -0.25) is 0 Å². The topological polar surface area (TPSA) is 96.3 Å². The summed E-state index contributed by atoms with van der Waals surface area (Å²) in [4.78, 5) is 11.2. The van der Waals surface area contributed by atoms with Crippen molar-refractivity contribution in [3.05, 3.63) is 29.3 Å². The van der Waals surface area contributed by atoms with E-state index in [-0.39, 0.29) is 23.5 Å². The summed E-state index contributed by atoms with van der Waals surface area (Å²) in [5, 5.41) is 18.3. The normalized spacial score (nSPS) is 13.4. The molecule has 0 aliphatic rings. The maximum Gasteiger partial charge on any atom is 0.342 e. The second-order valence-corrected chi connectivity index (χ2v) is 3.56. The Morgan fingerprint density at radius 3 is 2.89 bits per heavy atom. The Bertz CT molecular complexity index is 485. The molecule has 0 amide bonds. The number of esters is 1. The molecule has 0 saturated heterocycles. The first-order valence-corrected chi connectivity index (χ1v) is 5.30. The van der Waals surface area contributed by atoms with Gasteiger partial charge in [0, 0.05) is 5.56 Å². The van der Waals surface area contributed by atoms with Crippen molar-refractivity contribution in [2.75, 3.05) is 6.61 Å². The number of ether oxygens (including phenoxy) is 1. The van der Waals surface area contributed by atoms with Crippen molar-refractivity contribution in [2.45, 2.75) is 19.1 Å². The number of nitrogens with two attached hydrogens (primary N) is 1. The predicted molar refractivity (Wildman–Crippen MR) is 61.3 cm³/mol. The second-order valence-electron chi connectivity index (χ2n) is 3.56. The number of halogens is 1. The highest BCUT2D eigenvalue weighted by atomic mass is 19.1. The van der Waals surface area contributed by atoms with E-state index in [0.29, 0.717) is 0 Å². The van der Waals surface area contributed by atoms with Crippen LogP contribution >= 0.6 is 0 Å². The third kappa shape index (κ3) is 2.96. The van der Waals surface area contributed by atoms with Crippen LogP contribution in [-0.2, 0) is 9.53 Å². The van der Waals surface area contributed by atoms with Gasteiger partial charge in [-0.2, -0.15) is 5.26 Å². The van der Waals surface area contributed by atoms with Gasteiger partial charge in [-0.15, -0.1) is 0 Å². The summed E-state index contributed by atoms with van der Waals surface area (Å²) in [5.41, 5.74) is 5.76. The molecule has 1 aromatic carbocycles. The first kappa shape index (κ1) is 13.9. The molecule has 18 heavy (non-hydrogen) atoms. The van der Waals surface area contributed by atoms with Crippen LogP contribution in [0.15, 0.2) is 18.2 Å². The number of hydrogen-bond acceptors (Lipinski definition) is 5. The zero-order valence-corrected chi connectivity index (χ0v) is 9.76. The molecule has 0 spiro atoms. The van der Waals surface area contributed by atoms with Gasteiger partial charge in [-0.25, -0.2) is 9.18 Å². The van der Waals surface area contributed by atoms with Gasteiger partial charge in [-0.1, -0.05) is 0 Å². The summed E-state index contributed by atoms with van der Waals surface area (Å²) in [5.74, 6) is -1.36. The Morgan fingerprint density at radius 2 is 2.33 bits per heavy atom. The van der Waals surface area contributed by atoms with Crippen LogP contribution in [0.25, 0.3) is 0 Å². The molecule has 2 atom stereocenters. The predicted octanol–water partition coefficient (Wildman–Crippen LogP) is 1.16. The van der Waals surface area contributed by atoms with E-state index < -0.39 is 18.2 Å². The largest absolute Gasteiger partial charge is 0.508 e. The fourth-order valence-electron chi connectivity index (χ4n) is 1.42. The van der Waals surface area contributed by atoms with Crippen molar-refractivity contribution in [3.8, 4) is 11.8 Å². The zero-order valence-electron chi connectivity index (χ0n) is 9.76. The van der Waals surface area contributed by atoms with E-state index in [1.807, 2.05) is 6.07 Å². The molecule has 0 aliphatic carbocycles. The molecule has 3 N–H and O–H groups in total. The SMILES string of the molecule is CCOC(=O)C(F)[C@H](N)c1cc(C#N)ccc1O. The Hall–Kier alpha value is -2.13. The van der Waals surface area contributed by atoms with Crippen LogP contribution in [0.1, 0.15) is 24.1 Å². The first-order chi connectivity index (χ1) is 8.51. The van der Waals surface area contributed by atoms with Crippen molar-refractivity contribution in [3.63, 3.8) is 0 Å². The van der Waals surface area contributed by atoms with Gasteiger partial charge in [0.05, 0.1) is 24.3 Å². The standard InChI is InChI=1S/C12H13FN2O3/c1-2-18-12(17)10(13)11(15)8-5-7(6-14)3-4-9(8)16/h3-5,10-11,16H,2,15H2,1H3/t10?,11-/m1/s1. The van der Waals surface area contributed by atoms with E-state index in [0.717, 1.165) is 0 Å². The number of aromatic hydroxyl groups is 1. The average Bonchev–Trinajstić information content (AvgIpc) is 2.38. The molecule has 96 valence electrons. The summed E-state index contributed by atoms with van der Waals surface area (Å²) < 4.78 is 18.2. The molecule has 0 aromatic heterocycles. The van der Waals surface area contributed by atoms with Gasteiger partial charge < -0.3 is 15.6 Å². The Morgan fingerprint density at radius 1 is 1.67 bits per heavy atom. The minimum Gasteiger partial charge on any atom is -0.508 e. The highest BCUT2D eigenvalue weighted by Crippen LogP contribution is 2.27. The molecule has 0 saturated carbocycles. The number of rotatable bonds is 4. The number of alkyl halides is 1. The molecular formula is C12H13FN2O3. The summed E-state index contributed by atoms with van der Waals surface area (Å²) in [6.07, 6.45) is -2.09. The quantitative estimate of drug-likeness (QED) is 0.784. The Kier molecular flexibility index (Phi) is 4.63. The lowest BCUT2D eigenvalue weighted by Crippen LogP contribution is -2.31. The number of nitriles is 1. The monoisotopic (exact) mass is 252 g/mol. The highest BCUT2D eigenvalue weighted by molar-refractivity contribution is 5.76. The maximum atomic E-state index is 13.7. The number of phenols is 1. The zero-order chi connectivity index (χ0) is 13.7. The van der Waals surface area contributed by atoms with Crippen LogP contribution in [0, 0.1) is 11.3 Å². The fourth-order valence-corrected chi connectivity index (χ4v) is 1.42. The van der Waals surface area contributed by atoms with E-state index in [1.54, 1.807) is 6.92 Å². The van der Waals surface area contributed by atoms with Crippen LogP contribution in [-0.4, -0.2) is 23.9 Å². The van der Waals surface area contributed by atoms with E-state index in [4.69, 9.17) is 11.0 Å². The lowest BCUT2D eigenvalue weighted by molar-refractivity contribution is -0.149. The third-order valence-corrected chi connectivity index (χ3v) is 2.34. The van der Waals surface area contributed by atoms with Gasteiger partial charge in [0.25, 0.3) is 0 Å². The van der Waals surface area contributed by atoms with Crippen LogP contribution in [0.3, 0.4) is 0 Å². The first-order valence-electron chi connectivity index (χ1n) is 5.30. The molecular weight excluding hydrogens is 239 g/mol. The molecule has 0 radical (unpaired) electrons. The van der Waals surface area contributed by atoms with Crippen LogP contribution in [0.4, 0.5) is 4.39 Å². The van der Waals surface area contributed by atoms with Crippen molar-refractivity contribution >= 4 is 5.97 Å². The van der Waals surface area contributed by atoms with Crippen molar-refractivity contribution in [2.24, 2.45) is 5.73 Å². The van der Waals surface area contributed by atoms with Crippen molar-refractivity contribution in [1.82, 2.24) is 0 Å². The lowest BCUT2D eigenvalue weighted by atomic mass is 10.00. The molecule has 1 rings (SSSR count). The van der Waals surface area contributed by atoms with Gasteiger partial charge in [-0.05, 0) is 25.1 Å². The molecule has 6 heteroatoms. The minimum atomic E-state index is -2.09. The molecule has 0 fully saturated rings. The third-order valence-electron chi connectivity index (χ3n) is 2.34. The second kappa shape index (κ2) is 5.98. The molecule has 0 aliphatic heterocycles. The highest BCUT2D eigenvalue weighted by Gasteiger charge is 2.29. The van der Waals surface area contributed by atoms with Gasteiger partial charge in [0.2, 0.25) is 6.17 Å². The maximum absolute atomic E-state index is 13.7. The van der Waals surface area contributed by atoms with Crippen LogP contribution in [0.2, 0.25) is 0 Å². The molecule has 0 heterocycles. The Labute approximate surface area is 104 Å². The van der Waals surface area contributed by atoms with Gasteiger partial charge in [0.1, 0.15) is 5.75 Å². The van der Waals surface area contributed by atoms with Crippen molar-refractivity contribution < 1.29 is 19.0 Å². The van der Waals surface area contributed by atoms with Crippen molar-refractivity contribution in [1.29, 1.82) is 5.26 Å². The number of nitrogens with zero attached hydrogens (tertiary/aromatic N) is 1. The molecule has 1 aromatic rings. The summed E-state index contributed by atoms with van der Waals surface area (Å²) in [6.45, 7) is 1.58. The summed E-state index contributed by atoms with van der Waals surface area (Å²) >= 11 is 0. The summed E-state index contributed by atoms with van der Waals surface area (Å²) in [7, 11) is 0. The minimum absolute atomic E-state index is 0.00500. The number of carbonyl (C=O) groups is 1. The Balaban J connectivity index is 2.99. The number of phenolic OH excluding ortho intramolecular Hbond substituents is 1. The molecule has 1 unspecified atom stereocenters. The molecule has 0 bridgehead atoms. The van der Waals surface area contributed by atoms with Crippen LogP contribution in [0.5, 0.6) is 5.75 Å². The molecule has 5 nitrogen and oxygen atoms in total.